The second-order valence-corrected chi connectivity index (χ2v) is 4.95. The highest BCUT2D eigenvalue weighted by Crippen LogP contribution is 2.12. The van der Waals surface area contributed by atoms with E-state index in [1.54, 1.807) is 0 Å². The van der Waals surface area contributed by atoms with Gasteiger partial charge in [0, 0.05) is 5.56 Å². The molecule has 0 bridgehead atoms. The van der Waals surface area contributed by atoms with Crippen molar-refractivity contribution >= 4 is 5.71 Å². The first-order chi connectivity index (χ1) is 6.79. The second kappa shape index (κ2) is 5.77. The lowest BCUT2D eigenvalue weighted by molar-refractivity contribution is -0.877. The van der Waals surface area contributed by atoms with Gasteiger partial charge in [-0.25, -0.2) is 4.59 Å². The van der Waals surface area contributed by atoms with Crippen LogP contribution in [0.5, 0.6) is 0 Å². The lowest BCUT2D eigenvalue weighted by Gasteiger charge is -2.17. The van der Waals surface area contributed by atoms with Gasteiger partial charge in [-0.15, -0.1) is 0 Å². The maximum atomic E-state index is 4.62. The van der Waals surface area contributed by atoms with E-state index in [0.29, 0.717) is 4.59 Å². The lowest BCUT2D eigenvalue weighted by Crippen LogP contribution is -3.00. The van der Waals surface area contributed by atoms with Gasteiger partial charge >= 0.3 is 0 Å². The zero-order chi connectivity index (χ0) is 11.6. The third kappa shape index (κ3) is 4.61. The van der Waals surface area contributed by atoms with Crippen molar-refractivity contribution in [2.45, 2.75) is 20.8 Å². The van der Waals surface area contributed by atoms with Gasteiger partial charge in [0.2, 0.25) is 0 Å². The van der Waals surface area contributed by atoms with Gasteiger partial charge in [0.15, 0.2) is 0 Å². The highest BCUT2D eigenvalue weighted by Gasteiger charge is 2.09. The summed E-state index contributed by atoms with van der Waals surface area (Å²) in [7, 11) is 6.19. The third-order valence-corrected chi connectivity index (χ3v) is 2.22. The molecule has 0 saturated carbocycles. The minimum atomic E-state index is 0. The summed E-state index contributed by atoms with van der Waals surface area (Å²) < 4.78 is 0.610. The molecule has 1 aromatic rings. The first kappa shape index (κ1) is 15.6. The molecule has 0 spiro atoms. The van der Waals surface area contributed by atoms with Crippen molar-refractivity contribution in [1.82, 2.24) is 0 Å². The Bertz CT molecular complexity index is 389. The van der Waals surface area contributed by atoms with Crippen molar-refractivity contribution in [3.05, 3.63) is 34.9 Å². The molecule has 1 rings (SSSR count). The van der Waals surface area contributed by atoms with Crippen LogP contribution in [0, 0.1) is 13.8 Å². The molecule has 0 aliphatic heterocycles. The third-order valence-electron chi connectivity index (χ3n) is 2.22. The average molecular weight is 332 g/mol. The number of hydrogen-bond donors (Lipinski definition) is 0. The maximum absolute atomic E-state index is 4.62. The van der Waals surface area contributed by atoms with Crippen molar-refractivity contribution < 1.29 is 28.6 Å². The Balaban J connectivity index is 0.00000225. The highest BCUT2D eigenvalue weighted by atomic mass is 127. The molecule has 16 heavy (non-hydrogen) atoms. The quantitative estimate of drug-likeness (QED) is 0.306. The smallest absolute Gasteiger partial charge is 0.100 e. The number of halogens is 1. The SMILES string of the molecule is C/C(=N\[N+](C)(C)C)c1ccc(C)cc1C.[I-]. The van der Waals surface area contributed by atoms with E-state index >= 15 is 0 Å². The summed E-state index contributed by atoms with van der Waals surface area (Å²) >= 11 is 0. The summed E-state index contributed by atoms with van der Waals surface area (Å²) in [6.45, 7) is 6.32. The van der Waals surface area contributed by atoms with Crippen LogP contribution in [0.4, 0.5) is 0 Å². The summed E-state index contributed by atoms with van der Waals surface area (Å²) in [5.41, 5.74) is 4.94. The molecule has 0 aliphatic rings. The van der Waals surface area contributed by atoms with Gasteiger partial charge in [0.25, 0.3) is 0 Å². The molecule has 0 heterocycles. The molecule has 0 fully saturated rings. The largest absolute Gasteiger partial charge is 1.00 e. The highest BCUT2D eigenvalue weighted by molar-refractivity contribution is 5.99. The van der Waals surface area contributed by atoms with E-state index in [2.05, 4.69) is 65.2 Å². The molecular formula is C13H21IN2. The molecule has 0 radical (unpaired) electrons. The maximum Gasteiger partial charge on any atom is 0.100 e. The first-order valence-electron chi connectivity index (χ1n) is 5.25. The molecule has 0 N–H and O–H groups in total. The Kier molecular flexibility index (Phi) is 5.62. The van der Waals surface area contributed by atoms with E-state index in [-0.39, 0.29) is 24.0 Å². The molecule has 2 nitrogen and oxygen atoms in total. The van der Waals surface area contributed by atoms with Gasteiger partial charge in [-0.05, 0) is 26.3 Å². The number of nitrogens with zero attached hydrogens (tertiary/aromatic N) is 2. The van der Waals surface area contributed by atoms with Crippen LogP contribution >= 0.6 is 0 Å². The monoisotopic (exact) mass is 332 g/mol. The van der Waals surface area contributed by atoms with Crippen LogP contribution in [0.15, 0.2) is 23.3 Å². The summed E-state index contributed by atoms with van der Waals surface area (Å²) in [5.74, 6) is 0. The van der Waals surface area contributed by atoms with Crippen molar-refractivity contribution in [3.8, 4) is 0 Å². The predicted octanol–water partition coefficient (Wildman–Crippen LogP) is -0.262. The topological polar surface area (TPSA) is 12.4 Å². The fraction of sp³-hybridized carbons (Fsp3) is 0.462. The van der Waals surface area contributed by atoms with E-state index in [1.165, 1.54) is 16.7 Å². The number of benzene rings is 1. The Morgan fingerprint density at radius 3 is 2.12 bits per heavy atom. The van der Waals surface area contributed by atoms with Crippen LogP contribution in [0.25, 0.3) is 0 Å². The normalized spacial score (nSPS) is 12.2. The van der Waals surface area contributed by atoms with Gasteiger partial charge < -0.3 is 24.0 Å². The van der Waals surface area contributed by atoms with Crippen LogP contribution in [-0.4, -0.2) is 31.4 Å². The van der Waals surface area contributed by atoms with Crippen molar-refractivity contribution in [2.75, 3.05) is 21.1 Å². The Morgan fingerprint density at radius 2 is 1.69 bits per heavy atom. The van der Waals surface area contributed by atoms with E-state index in [9.17, 15) is 0 Å². The molecule has 0 atom stereocenters. The molecule has 90 valence electrons. The number of quaternary nitrogens is 1. The minimum absolute atomic E-state index is 0. The fourth-order valence-corrected chi connectivity index (χ4v) is 1.72. The number of aryl methyl sites for hydroxylation is 2. The van der Waals surface area contributed by atoms with Crippen molar-refractivity contribution in [1.29, 1.82) is 0 Å². The van der Waals surface area contributed by atoms with Crippen molar-refractivity contribution in [2.24, 2.45) is 5.10 Å². The van der Waals surface area contributed by atoms with E-state index in [4.69, 9.17) is 0 Å². The molecule has 0 aromatic heterocycles. The Labute approximate surface area is 116 Å². The van der Waals surface area contributed by atoms with Crippen LogP contribution < -0.4 is 24.0 Å². The van der Waals surface area contributed by atoms with Crippen LogP contribution in [0.1, 0.15) is 23.6 Å². The van der Waals surface area contributed by atoms with Crippen LogP contribution in [-0.2, 0) is 0 Å². The fourth-order valence-electron chi connectivity index (χ4n) is 1.72. The summed E-state index contributed by atoms with van der Waals surface area (Å²) in [6, 6.07) is 6.49. The van der Waals surface area contributed by atoms with Gasteiger partial charge in [0.05, 0.1) is 21.1 Å². The van der Waals surface area contributed by atoms with Gasteiger partial charge in [-0.1, -0.05) is 28.9 Å². The molecule has 0 aliphatic carbocycles. The molecule has 0 saturated heterocycles. The molecule has 0 amide bonds. The lowest BCUT2D eigenvalue weighted by atomic mass is 10.0. The Hall–Kier alpha value is -0.420. The summed E-state index contributed by atoms with van der Waals surface area (Å²) in [6.07, 6.45) is 0. The van der Waals surface area contributed by atoms with E-state index in [1.807, 2.05) is 0 Å². The van der Waals surface area contributed by atoms with E-state index < -0.39 is 0 Å². The summed E-state index contributed by atoms with van der Waals surface area (Å²) in [5, 5.41) is 4.62. The van der Waals surface area contributed by atoms with Crippen LogP contribution in [0.3, 0.4) is 0 Å². The van der Waals surface area contributed by atoms with E-state index in [0.717, 1.165) is 5.71 Å². The van der Waals surface area contributed by atoms with Crippen LogP contribution in [0.2, 0.25) is 0 Å². The first-order valence-corrected chi connectivity index (χ1v) is 5.25. The second-order valence-electron chi connectivity index (χ2n) is 4.95. The molecule has 1 aromatic carbocycles. The Morgan fingerprint density at radius 1 is 1.12 bits per heavy atom. The summed E-state index contributed by atoms with van der Waals surface area (Å²) in [4.78, 5) is 0. The predicted molar refractivity (Wildman–Crippen MR) is 66.2 cm³/mol. The van der Waals surface area contributed by atoms with Gasteiger partial charge in [-0.3, -0.25) is 0 Å². The molecule has 3 heteroatoms. The standard InChI is InChI=1S/C13H21N2.HI/c1-10-7-8-13(11(2)9-10)12(3)14-15(4,5)6;/h7-9H,1-6H3;1H/q+1;/p-1/b14-12+;. The van der Waals surface area contributed by atoms with Gasteiger partial charge in [0.1, 0.15) is 5.71 Å². The zero-order valence-corrected chi connectivity index (χ0v) is 13.2. The average Bonchev–Trinajstić information content (AvgIpc) is 1.99. The van der Waals surface area contributed by atoms with Crippen molar-refractivity contribution in [3.63, 3.8) is 0 Å². The number of hydrogen-bond acceptors (Lipinski definition) is 1. The molecule has 0 unspecified atom stereocenters. The zero-order valence-electron chi connectivity index (χ0n) is 11.0. The minimum Gasteiger partial charge on any atom is -1.00 e. The molecular weight excluding hydrogens is 311 g/mol. The number of rotatable bonds is 2. The van der Waals surface area contributed by atoms with Gasteiger partial charge in [-0.2, -0.15) is 0 Å².